The lowest BCUT2D eigenvalue weighted by molar-refractivity contribution is -0.160. The number of carbonyl (C=O) groups is 2. The fraction of sp³-hybridized carbons (Fsp3) is 0.882. The minimum atomic E-state index is -0.599. The van der Waals surface area contributed by atoms with Crippen LogP contribution < -0.4 is 5.32 Å². The first-order valence-corrected chi connectivity index (χ1v) is 8.71. The van der Waals surface area contributed by atoms with E-state index in [4.69, 9.17) is 0 Å². The van der Waals surface area contributed by atoms with Gasteiger partial charge in [0.25, 0.3) is 0 Å². The van der Waals surface area contributed by atoms with E-state index in [0.29, 0.717) is 18.4 Å². The van der Waals surface area contributed by atoms with Crippen molar-refractivity contribution < 1.29 is 9.59 Å². The van der Waals surface area contributed by atoms with Gasteiger partial charge in [0.15, 0.2) is 0 Å². The maximum absolute atomic E-state index is 13.0. The standard InChI is InChI=1S/C17H28N2O2/c1-3-11-19-15(20)14(12-7-5-4-6-8-12)18-16(21)17(19,2)13-9-10-13/h12-14H,3-11H2,1-2H3,(H,18,21). The Hall–Kier alpha value is -1.06. The van der Waals surface area contributed by atoms with Crippen LogP contribution >= 0.6 is 0 Å². The summed E-state index contributed by atoms with van der Waals surface area (Å²) in [5.41, 5.74) is -0.599. The average Bonchev–Trinajstić information content (AvgIpc) is 3.33. The Morgan fingerprint density at radius 3 is 2.38 bits per heavy atom. The summed E-state index contributed by atoms with van der Waals surface area (Å²) in [6, 6.07) is -0.267. The first-order valence-electron chi connectivity index (χ1n) is 8.71. The van der Waals surface area contributed by atoms with Crippen molar-refractivity contribution in [2.24, 2.45) is 11.8 Å². The van der Waals surface area contributed by atoms with Crippen LogP contribution in [0.15, 0.2) is 0 Å². The van der Waals surface area contributed by atoms with Crippen LogP contribution in [0.5, 0.6) is 0 Å². The van der Waals surface area contributed by atoms with Crippen LogP contribution in [0.3, 0.4) is 0 Å². The summed E-state index contributed by atoms with van der Waals surface area (Å²) >= 11 is 0. The van der Waals surface area contributed by atoms with Crippen molar-refractivity contribution in [3.63, 3.8) is 0 Å². The molecule has 0 radical (unpaired) electrons. The van der Waals surface area contributed by atoms with Crippen LogP contribution in [-0.4, -0.2) is 34.8 Å². The van der Waals surface area contributed by atoms with E-state index in [1.807, 2.05) is 11.8 Å². The molecule has 1 N–H and O–H groups in total. The SMILES string of the molecule is CCCN1C(=O)C(C2CCCCC2)NC(=O)C1(C)C1CC1. The number of amides is 2. The summed E-state index contributed by atoms with van der Waals surface area (Å²) in [5, 5.41) is 3.11. The van der Waals surface area contributed by atoms with Gasteiger partial charge in [-0.15, -0.1) is 0 Å². The molecule has 0 spiro atoms. The molecule has 3 fully saturated rings. The van der Waals surface area contributed by atoms with Crippen molar-refractivity contribution in [1.82, 2.24) is 10.2 Å². The van der Waals surface area contributed by atoms with Crippen molar-refractivity contribution in [2.45, 2.75) is 76.8 Å². The lowest BCUT2D eigenvalue weighted by Gasteiger charge is -2.48. The molecular weight excluding hydrogens is 264 g/mol. The molecule has 4 nitrogen and oxygen atoms in total. The topological polar surface area (TPSA) is 49.4 Å². The van der Waals surface area contributed by atoms with Gasteiger partial charge >= 0.3 is 0 Å². The molecule has 0 aromatic heterocycles. The third-order valence-electron chi connectivity index (χ3n) is 5.78. The fourth-order valence-corrected chi connectivity index (χ4v) is 4.27. The predicted molar refractivity (Wildman–Crippen MR) is 81.6 cm³/mol. The predicted octanol–water partition coefficient (Wildman–Crippen LogP) is 2.47. The third kappa shape index (κ3) is 2.47. The van der Waals surface area contributed by atoms with Crippen molar-refractivity contribution in [1.29, 1.82) is 0 Å². The molecule has 0 bridgehead atoms. The van der Waals surface area contributed by atoms with Crippen LogP contribution in [0.4, 0.5) is 0 Å². The Balaban J connectivity index is 1.83. The molecule has 2 saturated carbocycles. The number of hydrogen-bond acceptors (Lipinski definition) is 2. The molecule has 2 amide bonds. The highest BCUT2D eigenvalue weighted by atomic mass is 16.2. The zero-order valence-corrected chi connectivity index (χ0v) is 13.4. The quantitative estimate of drug-likeness (QED) is 0.865. The summed E-state index contributed by atoms with van der Waals surface area (Å²) in [7, 11) is 0. The molecule has 0 aromatic carbocycles. The van der Waals surface area contributed by atoms with Crippen LogP contribution in [0, 0.1) is 11.8 Å². The van der Waals surface area contributed by atoms with Gasteiger partial charge in [-0.25, -0.2) is 0 Å². The van der Waals surface area contributed by atoms with Crippen molar-refractivity contribution in [2.75, 3.05) is 6.54 Å². The second-order valence-electron chi connectivity index (χ2n) is 7.26. The third-order valence-corrected chi connectivity index (χ3v) is 5.78. The van der Waals surface area contributed by atoms with Gasteiger partial charge in [0.2, 0.25) is 11.8 Å². The van der Waals surface area contributed by atoms with Gasteiger partial charge in [-0.1, -0.05) is 26.2 Å². The van der Waals surface area contributed by atoms with Gasteiger partial charge in [-0.05, 0) is 50.9 Å². The largest absolute Gasteiger partial charge is 0.342 e. The van der Waals surface area contributed by atoms with E-state index in [1.165, 1.54) is 19.3 Å². The molecule has 2 atom stereocenters. The first-order chi connectivity index (χ1) is 10.1. The van der Waals surface area contributed by atoms with Crippen molar-refractivity contribution in [3.05, 3.63) is 0 Å². The zero-order chi connectivity index (χ0) is 15.0. The highest BCUT2D eigenvalue weighted by Gasteiger charge is 2.57. The van der Waals surface area contributed by atoms with Gasteiger partial charge in [-0.2, -0.15) is 0 Å². The summed E-state index contributed by atoms with van der Waals surface area (Å²) in [4.78, 5) is 27.7. The normalized spacial score (nSPS) is 35.0. The summed E-state index contributed by atoms with van der Waals surface area (Å²) < 4.78 is 0. The monoisotopic (exact) mass is 292 g/mol. The molecule has 4 heteroatoms. The van der Waals surface area contributed by atoms with E-state index in [1.54, 1.807) is 0 Å². The fourth-order valence-electron chi connectivity index (χ4n) is 4.27. The van der Waals surface area contributed by atoms with E-state index < -0.39 is 5.54 Å². The maximum Gasteiger partial charge on any atom is 0.246 e. The molecule has 1 heterocycles. The number of nitrogens with zero attached hydrogens (tertiary/aromatic N) is 1. The van der Waals surface area contributed by atoms with Crippen LogP contribution in [0.2, 0.25) is 0 Å². The highest BCUT2D eigenvalue weighted by molar-refractivity contribution is 6.00. The van der Waals surface area contributed by atoms with Crippen LogP contribution in [-0.2, 0) is 9.59 Å². The molecule has 3 aliphatic rings. The molecular formula is C17H28N2O2. The summed E-state index contributed by atoms with van der Waals surface area (Å²) in [6.07, 6.45) is 8.88. The van der Waals surface area contributed by atoms with E-state index >= 15 is 0 Å². The molecule has 2 aliphatic carbocycles. The van der Waals surface area contributed by atoms with Crippen LogP contribution in [0.1, 0.15) is 65.2 Å². The number of piperazine rings is 1. The molecule has 1 aliphatic heterocycles. The Morgan fingerprint density at radius 1 is 1.14 bits per heavy atom. The van der Waals surface area contributed by atoms with Crippen molar-refractivity contribution >= 4 is 11.8 Å². The maximum atomic E-state index is 13.0. The molecule has 3 rings (SSSR count). The second-order valence-corrected chi connectivity index (χ2v) is 7.26. The summed E-state index contributed by atoms with van der Waals surface area (Å²) in [5.74, 6) is 0.977. The minimum absolute atomic E-state index is 0.0913. The number of carbonyl (C=O) groups excluding carboxylic acids is 2. The Kier molecular flexibility index (Phi) is 3.98. The summed E-state index contributed by atoms with van der Waals surface area (Å²) in [6.45, 7) is 4.77. The van der Waals surface area contributed by atoms with Gasteiger partial charge in [0.05, 0.1) is 0 Å². The highest BCUT2D eigenvalue weighted by Crippen LogP contribution is 2.45. The Bertz CT molecular complexity index is 427. The zero-order valence-electron chi connectivity index (χ0n) is 13.4. The lowest BCUT2D eigenvalue weighted by Crippen LogP contribution is -2.71. The molecule has 1 saturated heterocycles. The number of hydrogen-bond donors (Lipinski definition) is 1. The smallest absolute Gasteiger partial charge is 0.246 e. The van der Waals surface area contributed by atoms with Gasteiger partial charge < -0.3 is 10.2 Å². The van der Waals surface area contributed by atoms with Gasteiger partial charge in [0.1, 0.15) is 11.6 Å². The lowest BCUT2D eigenvalue weighted by atomic mass is 9.79. The van der Waals surface area contributed by atoms with Gasteiger partial charge in [0, 0.05) is 6.54 Å². The molecule has 118 valence electrons. The molecule has 0 aromatic rings. The van der Waals surface area contributed by atoms with Crippen molar-refractivity contribution in [3.8, 4) is 0 Å². The number of nitrogens with one attached hydrogen (secondary N) is 1. The number of rotatable bonds is 4. The van der Waals surface area contributed by atoms with E-state index in [9.17, 15) is 9.59 Å². The van der Waals surface area contributed by atoms with E-state index in [0.717, 1.165) is 32.1 Å². The van der Waals surface area contributed by atoms with Crippen LogP contribution in [0.25, 0.3) is 0 Å². The van der Waals surface area contributed by atoms with E-state index in [2.05, 4.69) is 12.2 Å². The Morgan fingerprint density at radius 2 is 1.81 bits per heavy atom. The molecule has 21 heavy (non-hydrogen) atoms. The first kappa shape index (κ1) is 14.9. The second kappa shape index (κ2) is 5.62. The van der Waals surface area contributed by atoms with E-state index in [-0.39, 0.29) is 17.9 Å². The average molecular weight is 292 g/mol. The Labute approximate surface area is 127 Å². The van der Waals surface area contributed by atoms with Gasteiger partial charge in [-0.3, -0.25) is 9.59 Å². The minimum Gasteiger partial charge on any atom is -0.342 e. The molecule has 2 unspecified atom stereocenters.